The van der Waals surface area contributed by atoms with Gasteiger partial charge in [0.1, 0.15) is 13.2 Å². The number of halogens is 2. The predicted octanol–water partition coefficient (Wildman–Crippen LogP) is 6.74. The summed E-state index contributed by atoms with van der Waals surface area (Å²) in [6, 6.07) is 0. The summed E-state index contributed by atoms with van der Waals surface area (Å²) in [5.74, 6) is -2.86. The molecule has 0 aromatic rings. The van der Waals surface area contributed by atoms with Crippen LogP contribution in [0.4, 0.5) is 8.78 Å². The van der Waals surface area contributed by atoms with Crippen molar-refractivity contribution in [3.05, 3.63) is 12.2 Å². The van der Waals surface area contributed by atoms with Gasteiger partial charge in [0.25, 0.3) is 0 Å². The highest BCUT2D eigenvalue weighted by Crippen LogP contribution is 2.30. The Morgan fingerprint density at radius 1 is 0.714 bits per heavy atom. The molecule has 0 saturated heterocycles. The topological polar surface area (TPSA) is 78.9 Å². The first-order valence-corrected chi connectivity index (χ1v) is 13.1. The van der Waals surface area contributed by atoms with E-state index in [2.05, 4.69) is 6.58 Å². The molecule has 0 aliphatic rings. The van der Waals surface area contributed by atoms with Gasteiger partial charge in [0, 0.05) is 5.57 Å². The van der Waals surface area contributed by atoms with Gasteiger partial charge in [-0.25, -0.2) is 23.2 Å². The molecule has 204 valence electrons. The van der Waals surface area contributed by atoms with E-state index in [4.69, 9.17) is 14.2 Å². The van der Waals surface area contributed by atoms with Gasteiger partial charge in [0.05, 0.1) is 0 Å². The third kappa shape index (κ3) is 12.5. The van der Waals surface area contributed by atoms with Gasteiger partial charge in [0.15, 0.2) is 6.10 Å². The summed E-state index contributed by atoms with van der Waals surface area (Å²) in [5, 5.41) is 0. The van der Waals surface area contributed by atoms with Gasteiger partial charge in [-0.3, -0.25) is 0 Å². The summed E-state index contributed by atoms with van der Waals surface area (Å²) in [5.41, 5.74) is -4.22. The first kappa shape index (κ1) is 33.0. The second-order valence-corrected chi connectivity index (χ2v) is 9.35. The second kappa shape index (κ2) is 17.4. The van der Waals surface area contributed by atoms with Crippen LogP contribution < -0.4 is 0 Å². The normalized spacial score (nSPS) is 12.7. The first-order valence-electron chi connectivity index (χ1n) is 13.1. The van der Waals surface area contributed by atoms with Gasteiger partial charge >= 0.3 is 17.9 Å². The number of hydrogen-bond donors (Lipinski definition) is 0. The molecule has 1 atom stereocenters. The summed E-state index contributed by atoms with van der Waals surface area (Å²) in [4.78, 5) is 37.3. The van der Waals surface area contributed by atoms with Gasteiger partial charge < -0.3 is 14.2 Å². The molecule has 0 radical (unpaired) electrons. The molecule has 0 saturated carbocycles. The van der Waals surface area contributed by atoms with Gasteiger partial charge in [-0.2, -0.15) is 0 Å². The van der Waals surface area contributed by atoms with Crippen LogP contribution in [0, 0.1) is 0 Å². The van der Waals surface area contributed by atoms with Crippen molar-refractivity contribution in [3.63, 3.8) is 0 Å². The van der Waals surface area contributed by atoms with Gasteiger partial charge in [-0.15, -0.1) is 0 Å². The number of unbranched alkanes of at least 4 members (excludes halogenated alkanes) is 4. The van der Waals surface area contributed by atoms with Gasteiger partial charge in [0.2, 0.25) is 11.3 Å². The quantitative estimate of drug-likeness (QED) is 0.104. The molecule has 6 nitrogen and oxygen atoms in total. The maximum Gasteiger partial charge on any atom is 0.344 e. The van der Waals surface area contributed by atoms with E-state index in [0.717, 1.165) is 12.8 Å². The zero-order valence-corrected chi connectivity index (χ0v) is 22.4. The molecule has 0 aliphatic carbocycles. The fourth-order valence-electron chi connectivity index (χ4n) is 3.45. The van der Waals surface area contributed by atoms with E-state index in [1.165, 1.54) is 6.92 Å². The zero-order chi connectivity index (χ0) is 26.9. The number of ether oxygens (including phenoxy) is 3. The molecule has 0 heterocycles. The Hall–Kier alpha value is -1.99. The lowest BCUT2D eigenvalue weighted by Gasteiger charge is -2.28. The van der Waals surface area contributed by atoms with Crippen molar-refractivity contribution in [1.82, 2.24) is 0 Å². The minimum Gasteiger partial charge on any atom is -0.459 e. The highest BCUT2D eigenvalue weighted by atomic mass is 19.1. The summed E-state index contributed by atoms with van der Waals surface area (Å²) in [7, 11) is 0. The lowest BCUT2D eigenvalue weighted by atomic mass is 9.92. The monoisotopic (exact) mass is 504 g/mol. The van der Waals surface area contributed by atoms with Gasteiger partial charge in [-0.05, 0) is 58.3 Å². The highest BCUT2D eigenvalue weighted by molar-refractivity contribution is 5.87. The van der Waals surface area contributed by atoms with Crippen molar-refractivity contribution < 1.29 is 37.4 Å². The highest BCUT2D eigenvalue weighted by Gasteiger charge is 2.42. The molecule has 1 unspecified atom stereocenters. The fourth-order valence-corrected chi connectivity index (χ4v) is 3.45. The molecule has 0 rings (SSSR count). The van der Waals surface area contributed by atoms with E-state index in [-0.39, 0.29) is 31.3 Å². The van der Waals surface area contributed by atoms with Crippen LogP contribution in [-0.4, -0.2) is 48.6 Å². The average molecular weight is 505 g/mol. The van der Waals surface area contributed by atoms with Crippen molar-refractivity contribution in [2.75, 3.05) is 13.2 Å². The number of esters is 3. The third-order valence-electron chi connectivity index (χ3n) is 5.86. The van der Waals surface area contributed by atoms with E-state index in [9.17, 15) is 14.4 Å². The Kier molecular flexibility index (Phi) is 16.4. The van der Waals surface area contributed by atoms with Crippen molar-refractivity contribution in [3.8, 4) is 0 Å². The van der Waals surface area contributed by atoms with Crippen LogP contribution in [0.25, 0.3) is 0 Å². The number of carbonyl (C=O) groups excluding carboxylic acids is 3. The summed E-state index contributed by atoms with van der Waals surface area (Å²) in [6.07, 6.45) is 3.67. The van der Waals surface area contributed by atoms with Crippen molar-refractivity contribution in [2.45, 2.75) is 129 Å². The van der Waals surface area contributed by atoms with Crippen LogP contribution in [0.1, 0.15) is 112 Å². The molecule has 0 aromatic heterocycles. The Labute approximate surface area is 210 Å². The maximum absolute atomic E-state index is 15.5. The Balaban J connectivity index is 5.52. The van der Waals surface area contributed by atoms with Crippen LogP contribution in [0.2, 0.25) is 0 Å². The van der Waals surface area contributed by atoms with Crippen molar-refractivity contribution >= 4 is 17.9 Å². The third-order valence-corrected chi connectivity index (χ3v) is 5.86. The van der Waals surface area contributed by atoms with E-state index in [0.29, 0.717) is 38.5 Å². The molecule has 8 heteroatoms. The maximum atomic E-state index is 15.5. The number of rotatable bonds is 20. The minimum absolute atomic E-state index is 0.00201. The Bertz CT molecular complexity index is 648. The van der Waals surface area contributed by atoms with E-state index < -0.39 is 48.6 Å². The molecular formula is C27H46F2O6. The Morgan fingerprint density at radius 2 is 1.09 bits per heavy atom. The first-order chi connectivity index (χ1) is 16.5. The van der Waals surface area contributed by atoms with Crippen LogP contribution in [0.5, 0.6) is 0 Å². The molecule has 0 amide bonds. The molecule has 0 fully saturated rings. The predicted molar refractivity (Wildman–Crippen MR) is 132 cm³/mol. The summed E-state index contributed by atoms with van der Waals surface area (Å²) < 4.78 is 46.6. The summed E-state index contributed by atoms with van der Waals surface area (Å²) >= 11 is 0. The van der Waals surface area contributed by atoms with Crippen LogP contribution in [0.3, 0.4) is 0 Å². The Morgan fingerprint density at radius 3 is 1.46 bits per heavy atom. The number of carbonyl (C=O) groups is 3. The molecule has 0 N–H and O–H groups in total. The lowest BCUT2D eigenvalue weighted by Crippen LogP contribution is -2.42. The standard InChI is InChI=1S/C27H46F2O6/c1-7-11-15-26(28,16-12-8-2)24(31)34-20-22(19-33-23(30)21(5)6)35-25(32)27(29,17-13-9-3)18-14-10-4/h22H,5,7-20H2,1-4,6H3. The zero-order valence-electron chi connectivity index (χ0n) is 22.4. The molecule has 0 bridgehead atoms. The van der Waals surface area contributed by atoms with Crippen molar-refractivity contribution in [2.24, 2.45) is 0 Å². The fraction of sp³-hybridized carbons (Fsp3) is 0.815. The van der Waals surface area contributed by atoms with Crippen LogP contribution in [-0.2, 0) is 28.6 Å². The number of alkyl halides is 2. The summed E-state index contributed by atoms with van der Waals surface area (Å²) in [6.45, 7) is 11.5. The number of hydrogen-bond acceptors (Lipinski definition) is 6. The van der Waals surface area contributed by atoms with Crippen LogP contribution >= 0.6 is 0 Å². The van der Waals surface area contributed by atoms with Crippen LogP contribution in [0.15, 0.2) is 12.2 Å². The smallest absolute Gasteiger partial charge is 0.344 e. The SMILES string of the molecule is C=C(C)C(=O)OCC(COC(=O)C(F)(CCCC)CCCC)OC(=O)C(F)(CCCC)CCCC. The van der Waals surface area contributed by atoms with Gasteiger partial charge in [-0.1, -0.05) is 60.0 Å². The molecule has 0 spiro atoms. The second-order valence-electron chi connectivity index (χ2n) is 9.35. The lowest BCUT2D eigenvalue weighted by molar-refractivity contribution is -0.179. The van der Waals surface area contributed by atoms with E-state index >= 15 is 8.78 Å². The molecule has 35 heavy (non-hydrogen) atoms. The average Bonchev–Trinajstić information content (AvgIpc) is 2.84. The largest absolute Gasteiger partial charge is 0.459 e. The van der Waals surface area contributed by atoms with E-state index in [1.807, 2.05) is 27.7 Å². The van der Waals surface area contributed by atoms with E-state index in [1.54, 1.807) is 0 Å². The minimum atomic E-state index is -2.20. The molecule has 0 aromatic carbocycles. The molecular weight excluding hydrogens is 458 g/mol. The molecule has 0 aliphatic heterocycles. The van der Waals surface area contributed by atoms with Crippen molar-refractivity contribution in [1.29, 1.82) is 0 Å².